The molecule has 100 valence electrons. The number of rotatable bonds is 5. The van der Waals surface area contributed by atoms with E-state index in [2.05, 4.69) is 5.10 Å². The quantitative estimate of drug-likeness (QED) is 0.862. The van der Waals surface area contributed by atoms with Gasteiger partial charge in [0.05, 0.1) is 6.54 Å². The number of hydrazone groups is 1. The molecule has 0 unspecified atom stereocenters. The van der Waals surface area contributed by atoms with Gasteiger partial charge in [0.1, 0.15) is 18.1 Å². The van der Waals surface area contributed by atoms with E-state index in [1.165, 1.54) is 0 Å². The third kappa shape index (κ3) is 3.54. The molecule has 0 radical (unpaired) electrons. The van der Waals surface area contributed by atoms with E-state index < -0.39 is 5.97 Å². The van der Waals surface area contributed by atoms with Gasteiger partial charge in [0.15, 0.2) is 0 Å². The molecular weight excluding hydrogens is 248 g/mol. The number of carbonyl (C=O) groups excluding carboxylic acids is 1. The third-order valence-electron chi connectivity index (χ3n) is 2.67. The molecule has 0 spiro atoms. The number of para-hydroxylation sites is 1. The van der Waals surface area contributed by atoms with Crippen LogP contribution in [0.2, 0.25) is 0 Å². The van der Waals surface area contributed by atoms with E-state index in [0.29, 0.717) is 5.75 Å². The minimum Gasteiger partial charge on any atom is -0.492 e. The van der Waals surface area contributed by atoms with Crippen molar-refractivity contribution in [3.05, 3.63) is 30.3 Å². The predicted molar refractivity (Wildman–Crippen MR) is 68.0 cm³/mol. The number of amides is 1. The summed E-state index contributed by atoms with van der Waals surface area (Å²) < 4.78 is 5.44. The largest absolute Gasteiger partial charge is 0.492 e. The van der Waals surface area contributed by atoms with Gasteiger partial charge in [0.25, 0.3) is 0 Å². The van der Waals surface area contributed by atoms with Crippen molar-refractivity contribution in [1.29, 1.82) is 0 Å². The molecule has 2 rings (SSSR count). The van der Waals surface area contributed by atoms with Crippen LogP contribution in [0.3, 0.4) is 0 Å². The SMILES string of the molecule is O=C(O)C1=NN(CCOc2ccccc2)C(=O)CC1. The van der Waals surface area contributed by atoms with E-state index in [4.69, 9.17) is 9.84 Å². The van der Waals surface area contributed by atoms with Crippen LogP contribution in [0.1, 0.15) is 12.8 Å². The number of carboxylic acid groups (broad SMARTS) is 1. The summed E-state index contributed by atoms with van der Waals surface area (Å²) in [6, 6.07) is 9.20. The molecule has 1 amide bonds. The van der Waals surface area contributed by atoms with Gasteiger partial charge in [0.2, 0.25) is 5.91 Å². The maximum absolute atomic E-state index is 11.6. The molecule has 0 saturated heterocycles. The molecule has 0 fully saturated rings. The van der Waals surface area contributed by atoms with E-state index in [1.807, 2.05) is 30.3 Å². The average molecular weight is 262 g/mol. The highest BCUT2D eigenvalue weighted by Crippen LogP contribution is 2.11. The molecule has 1 N–H and O–H groups in total. The highest BCUT2D eigenvalue weighted by molar-refractivity contribution is 6.36. The molecule has 1 heterocycles. The number of ether oxygens (including phenoxy) is 1. The lowest BCUT2D eigenvalue weighted by Crippen LogP contribution is -2.36. The Kier molecular flexibility index (Phi) is 4.12. The molecule has 1 aliphatic rings. The molecule has 6 nitrogen and oxygen atoms in total. The van der Waals surface area contributed by atoms with Crippen LogP contribution in [0.5, 0.6) is 5.75 Å². The summed E-state index contributed by atoms with van der Waals surface area (Å²) in [5.41, 5.74) is 0.0133. The van der Waals surface area contributed by atoms with Gasteiger partial charge in [-0.05, 0) is 12.1 Å². The van der Waals surface area contributed by atoms with Crippen LogP contribution in [0.15, 0.2) is 35.4 Å². The Bertz CT molecular complexity index is 499. The molecule has 1 aromatic rings. The van der Waals surface area contributed by atoms with Crippen molar-refractivity contribution in [2.45, 2.75) is 12.8 Å². The Morgan fingerprint density at radius 2 is 2.05 bits per heavy atom. The number of nitrogens with zero attached hydrogens (tertiary/aromatic N) is 2. The monoisotopic (exact) mass is 262 g/mol. The second-order valence-corrected chi connectivity index (χ2v) is 4.03. The number of hydrogen-bond donors (Lipinski definition) is 1. The second-order valence-electron chi connectivity index (χ2n) is 4.03. The number of carbonyl (C=O) groups is 2. The topological polar surface area (TPSA) is 79.2 Å². The van der Waals surface area contributed by atoms with Gasteiger partial charge in [-0.2, -0.15) is 5.10 Å². The summed E-state index contributed by atoms with van der Waals surface area (Å²) in [5, 5.41) is 13.8. The first-order chi connectivity index (χ1) is 9.16. The minimum atomic E-state index is -1.08. The summed E-state index contributed by atoms with van der Waals surface area (Å²) in [4.78, 5) is 22.4. The molecule has 1 aliphatic heterocycles. The maximum Gasteiger partial charge on any atom is 0.352 e. The Hall–Kier alpha value is -2.37. The number of aliphatic carboxylic acids is 1. The zero-order valence-corrected chi connectivity index (χ0v) is 10.3. The number of benzene rings is 1. The van der Waals surface area contributed by atoms with Gasteiger partial charge < -0.3 is 9.84 Å². The fourth-order valence-electron chi connectivity index (χ4n) is 1.70. The first-order valence-corrected chi connectivity index (χ1v) is 5.96. The Morgan fingerprint density at radius 1 is 1.32 bits per heavy atom. The van der Waals surface area contributed by atoms with Crippen molar-refractivity contribution in [3.8, 4) is 5.75 Å². The standard InChI is InChI=1S/C13H14N2O4/c16-12-7-6-11(13(17)18)14-15(12)8-9-19-10-4-2-1-3-5-10/h1-5H,6-9H2,(H,17,18). The van der Waals surface area contributed by atoms with Crippen molar-refractivity contribution in [2.75, 3.05) is 13.2 Å². The lowest BCUT2D eigenvalue weighted by Gasteiger charge is -2.22. The van der Waals surface area contributed by atoms with Crippen LogP contribution in [0.4, 0.5) is 0 Å². The van der Waals surface area contributed by atoms with E-state index in [-0.39, 0.29) is 37.6 Å². The van der Waals surface area contributed by atoms with E-state index >= 15 is 0 Å². The van der Waals surface area contributed by atoms with Gasteiger partial charge in [-0.25, -0.2) is 9.80 Å². The molecule has 6 heteroatoms. The van der Waals surface area contributed by atoms with Crippen LogP contribution < -0.4 is 4.74 Å². The first kappa shape index (κ1) is 13.1. The Labute approximate surface area is 110 Å². The van der Waals surface area contributed by atoms with E-state index in [0.717, 1.165) is 5.01 Å². The van der Waals surface area contributed by atoms with Gasteiger partial charge in [-0.1, -0.05) is 18.2 Å². The van der Waals surface area contributed by atoms with Crippen LogP contribution in [-0.4, -0.2) is 40.9 Å². The van der Waals surface area contributed by atoms with Crippen molar-refractivity contribution < 1.29 is 19.4 Å². The van der Waals surface area contributed by atoms with E-state index in [9.17, 15) is 9.59 Å². The van der Waals surface area contributed by atoms with Crippen molar-refractivity contribution in [1.82, 2.24) is 5.01 Å². The zero-order chi connectivity index (χ0) is 13.7. The molecule has 19 heavy (non-hydrogen) atoms. The highest BCUT2D eigenvalue weighted by atomic mass is 16.5. The van der Waals surface area contributed by atoms with Crippen molar-refractivity contribution >= 4 is 17.6 Å². The van der Waals surface area contributed by atoms with Crippen LogP contribution in [-0.2, 0) is 9.59 Å². The summed E-state index contributed by atoms with van der Waals surface area (Å²) in [5.74, 6) is -0.558. The summed E-state index contributed by atoms with van der Waals surface area (Å²) in [6.07, 6.45) is 0.362. The molecule has 0 aliphatic carbocycles. The molecule has 0 saturated carbocycles. The fourth-order valence-corrected chi connectivity index (χ4v) is 1.70. The van der Waals surface area contributed by atoms with Gasteiger partial charge in [-0.3, -0.25) is 4.79 Å². The minimum absolute atomic E-state index is 0.0133. The summed E-state index contributed by atoms with van der Waals surface area (Å²) >= 11 is 0. The average Bonchev–Trinajstić information content (AvgIpc) is 2.42. The number of carboxylic acids is 1. The predicted octanol–water partition coefficient (Wildman–Crippen LogP) is 1.13. The Balaban J connectivity index is 1.89. The van der Waals surface area contributed by atoms with Crippen LogP contribution in [0.25, 0.3) is 0 Å². The fraction of sp³-hybridized carbons (Fsp3) is 0.308. The lowest BCUT2D eigenvalue weighted by atomic mass is 10.2. The molecule has 0 bridgehead atoms. The normalized spacial score (nSPS) is 15.1. The third-order valence-corrected chi connectivity index (χ3v) is 2.67. The molecule has 1 aromatic carbocycles. The maximum atomic E-state index is 11.6. The zero-order valence-electron chi connectivity index (χ0n) is 10.3. The summed E-state index contributed by atoms with van der Waals surface area (Å²) in [7, 11) is 0. The van der Waals surface area contributed by atoms with Crippen LogP contribution >= 0.6 is 0 Å². The van der Waals surface area contributed by atoms with E-state index in [1.54, 1.807) is 0 Å². The summed E-state index contributed by atoms with van der Waals surface area (Å²) in [6.45, 7) is 0.511. The van der Waals surface area contributed by atoms with Crippen molar-refractivity contribution in [2.24, 2.45) is 5.10 Å². The van der Waals surface area contributed by atoms with Gasteiger partial charge in [-0.15, -0.1) is 0 Å². The van der Waals surface area contributed by atoms with Crippen LogP contribution in [0, 0.1) is 0 Å². The lowest BCUT2D eigenvalue weighted by molar-refractivity contribution is -0.133. The highest BCUT2D eigenvalue weighted by Gasteiger charge is 2.23. The first-order valence-electron chi connectivity index (χ1n) is 5.96. The van der Waals surface area contributed by atoms with Crippen molar-refractivity contribution in [3.63, 3.8) is 0 Å². The van der Waals surface area contributed by atoms with Gasteiger partial charge >= 0.3 is 5.97 Å². The molecular formula is C13H14N2O4. The number of hydrogen-bond acceptors (Lipinski definition) is 4. The smallest absolute Gasteiger partial charge is 0.352 e. The van der Waals surface area contributed by atoms with Gasteiger partial charge in [0, 0.05) is 12.8 Å². The Morgan fingerprint density at radius 3 is 2.74 bits per heavy atom. The molecule has 0 atom stereocenters. The second kappa shape index (κ2) is 5.99. The molecule has 0 aromatic heterocycles.